The van der Waals surface area contributed by atoms with Gasteiger partial charge in [0.05, 0.1) is 12.2 Å². The van der Waals surface area contributed by atoms with Crippen molar-refractivity contribution in [1.82, 2.24) is 9.88 Å². The summed E-state index contributed by atoms with van der Waals surface area (Å²) >= 11 is 1.47. The van der Waals surface area contributed by atoms with E-state index in [1.807, 2.05) is 10.3 Å². The van der Waals surface area contributed by atoms with E-state index in [9.17, 15) is 9.59 Å². The third-order valence-electron chi connectivity index (χ3n) is 7.31. The standard InChI is InChI=1S/C26H34N4O2S/c31-24(17-29-13-6-1-2-7-14-29)28-26-27-22(18-33-26)20-10-11-23-21(16-20)12-15-30(23)25(32)19-8-4-3-5-9-19/h10-11,16,18-19H,1-9,12-15,17H2,(H,27,28,31). The molecule has 3 heterocycles. The first-order chi connectivity index (χ1) is 16.2. The van der Waals surface area contributed by atoms with Gasteiger partial charge in [0.1, 0.15) is 0 Å². The summed E-state index contributed by atoms with van der Waals surface area (Å²) < 4.78 is 0. The number of benzene rings is 1. The highest BCUT2D eigenvalue weighted by atomic mass is 32.1. The molecule has 33 heavy (non-hydrogen) atoms. The molecule has 1 saturated heterocycles. The number of carbonyl (C=O) groups is 2. The van der Waals surface area contributed by atoms with E-state index in [1.165, 1.54) is 61.8 Å². The highest BCUT2D eigenvalue weighted by molar-refractivity contribution is 7.14. The number of likely N-dealkylation sites (tertiary alicyclic amines) is 1. The summed E-state index contributed by atoms with van der Waals surface area (Å²) in [7, 11) is 0. The van der Waals surface area contributed by atoms with Crippen LogP contribution in [0.4, 0.5) is 10.8 Å². The minimum absolute atomic E-state index is 0.0172. The van der Waals surface area contributed by atoms with E-state index >= 15 is 0 Å². The van der Waals surface area contributed by atoms with E-state index in [0.717, 1.165) is 55.8 Å². The lowest BCUT2D eigenvalue weighted by molar-refractivity contribution is -0.123. The number of aromatic nitrogens is 1. The number of thiazole rings is 1. The van der Waals surface area contributed by atoms with Crippen LogP contribution in [0.2, 0.25) is 0 Å². The Morgan fingerprint density at radius 1 is 1.00 bits per heavy atom. The van der Waals surface area contributed by atoms with Crippen LogP contribution in [0.1, 0.15) is 63.4 Å². The summed E-state index contributed by atoms with van der Waals surface area (Å²) in [5, 5.41) is 5.64. The van der Waals surface area contributed by atoms with Crippen molar-refractivity contribution >= 4 is 34.0 Å². The van der Waals surface area contributed by atoms with E-state index in [4.69, 9.17) is 0 Å². The van der Waals surface area contributed by atoms with E-state index in [1.54, 1.807) is 0 Å². The SMILES string of the molecule is O=C(CN1CCCCCC1)Nc1nc(-c2ccc3c(c2)CCN3C(=O)C2CCCCC2)cs1. The van der Waals surface area contributed by atoms with Crippen LogP contribution in [-0.2, 0) is 16.0 Å². The number of rotatable bonds is 5. The van der Waals surface area contributed by atoms with Crippen molar-refractivity contribution in [1.29, 1.82) is 0 Å². The number of carbonyl (C=O) groups excluding carboxylic acids is 2. The number of fused-ring (bicyclic) bond motifs is 1. The van der Waals surface area contributed by atoms with Gasteiger partial charge in [-0.2, -0.15) is 0 Å². The molecular formula is C26H34N4O2S. The Labute approximate surface area is 200 Å². The monoisotopic (exact) mass is 466 g/mol. The van der Waals surface area contributed by atoms with Gasteiger partial charge in [-0.05, 0) is 62.9 Å². The lowest BCUT2D eigenvalue weighted by atomic mass is 9.88. The highest BCUT2D eigenvalue weighted by Crippen LogP contribution is 2.36. The maximum absolute atomic E-state index is 13.1. The van der Waals surface area contributed by atoms with Crippen LogP contribution < -0.4 is 10.2 Å². The van der Waals surface area contributed by atoms with Crippen LogP contribution in [0.3, 0.4) is 0 Å². The molecule has 0 radical (unpaired) electrons. The molecule has 3 aliphatic rings. The second-order valence-electron chi connectivity index (χ2n) is 9.69. The molecule has 0 bridgehead atoms. The van der Waals surface area contributed by atoms with Crippen LogP contribution in [0.15, 0.2) is 23.6 Å². The van der Waals surface area contributed by atoms with Gasteiger partial charge in [0.25, 0.3) is 0 Å². The Morgan fingerprint density at radius 3 is 2.55 bits per heavy atom. The van der Waals surface area contributed by atoms with Gasteiger partial charge in [-0.15, -0.1) is 11.3 Å². The number of hydrogen-bond donors (Lipinski definition) is 1. The molecule has 0 atom stereocenters. The van der Waals surface area contributed by atoms with Crippen LogP contribution in [0.5, 0.6) is 0 Å². The molecule has 0 unspecified atom stereocenters. The van der Waals surface area contributed by atoms with Crippen LogP contribution in [-0.4, -0.2) is 47.9 Å². The Hall–Kier alpha value is -2.25. The third kappa shape index (κ3) is 5.30. The van der Waals surface area contributed by atoms with Crippen molar-refractivity contribution in [2.75, 3.05) is 36.4 Å². The Morgan fingerprint density at radius 2 is 1.76 bits per heavy atom. The van der Waals surface area contributed by atoms with Gasteiger partial charge in [-0.25, -0.2) is 4.98 Å². The maximum atomic E-state index is 13.1. The number of amides is 2. The second-order valence-corrected chi connectivity index (χ2v) is 10.6. The molecular weight excluding hydrogens is 432 g/mol. The van der Waals surface area contributed by atoms with Crippen molar-refractivity contribution in [3.05, 3.63) is 29.1 Å². The molecule has 0 spiro atoms. The van der Waals surface area contributed by atoms with Gasteiger partial charge in [0.15, 0.2) is 5.13 Å². The summed E-state index contributed by atoms with van der Waals surface area (Å²) in [6.07, 6.45) is 11.5. The van der Waals surface area contributed by atoms with Gasteiger partial charge in [0.2, 0.25) is 11.8 Å². The average Bonchev–Trinajstić information content (AvgIpc) is 3.39. The molecule has 2 amide bonds. The van der Waals surface area contributed by atoms with Crippen LogP contribution in [0, 0.1) is 5.92 Å². The summed E-state index contributed by atoms with van der Waals surface area (Å²) in [4.78, 5) is 34.5. The lowest BCUT2D eigenvalue weighted by Crippen LogP contribution is -2.35. The minimum Gasteiger partial charge on any atom is -0.312 e. The van der Waals surface area contributed by atoms with Gasteiger partial charge in [-0.1, -0.05) is 38.2 Å². The summed E-state index contributed by atoms with van der Waals surface area (Å²) in [6.45, 7) is 3.24. The largest absolute Gasteiger partial charge is 0.312 e. The van der Waals surface area contributed by atoms with Crippen molar-refractivity contribution in [3.63, 3.8) is 0 Å². The van der Waals surface area contributed by atoms with Gasteiger partial charge in [-0.3, -0.25) is 14.5 Å². The molecule has 5 rings (SSSR count). The lowest BCUT2D eigenvalue weighted by Gasteiger charge is -2.26. The number of hydrogen-bond acceptors (Lipinski definition) is 5. The van der Waals surface area contributed by atoms with Gasteiger partial charge in [0, 0.05) is 29.1 Å². The third-order valence-corrected chi connectivity index (χ3v) is 8.07. The molecule has 176 valence electrons. The van der Waals surface area contributed by atoms with E-state index < -0.39 is 0 Å². The Kier molecular flexibility index (Phi) is 7.07. The molecule has 6 nitrogen and oxygen atoms in total. The van der Waals surface area contributed by atoms with Crippen molar-refractivity contribution in [2.24, 2.45) is 5.92 Å². The number of nitrogens with one attached hydrogen (secondary N) is 1. The first-order valence-corrected chi connectivity index (χ1v) is 13.5. The van der Waals surface area contributed by atoms with E-state index in [0.29, 0.717) is 17.6 Å². The molecule has 7 heteroatoms. The second kappa shape index (κ2) is 10.3. The topological polar surface area (TPSA) is 65.5 Å². The Bertz CT molecular complexity index is 990. The van der Waals surface area contributed by atoms with Crippen LogP contribution in [0.25, 0.3) is 11.3 Å². The normalized spacial score (nSPS) is 19.8. The number of anilines is 2. The molecule has 2 aliphatic heterocycles. The van der Waals surface area contributed by atoms with Crippen LogP contribution >= 0.6 is 11.3 Å². The average molecular weight is 467 g/mol. The molecule has 2 aromatic rings. The zero-order valence-electron chi connectivity index (χ0n) is 19.4. The summed E-state index contributed by atoms with van der Waals surface area (Å²) in [5.74, 6) is 0.524. The molecule has 1 saturated carbocycles. The van der Waals surface area contributed by atoms with Gasteiger partial charge < -0.3 is 10.2 Å². The van der Waals surface area contributed by atoms with E-state index in [-0.39, 0.29) is 11.8 Å². The Balaban J connectivity index is 1.22. The predicted octanol–water partition coefficient (Wildman–Crippen LogP) is 5.09. The molecule has 1 aromatic heterocycles. The summed E-state index contributed by atoms with van der Waals surface area (Å²) in [5.41, 5.74) is 4.21. The maximum Gasteiger partial charge on any atom is 0.240 e. The van der Waals surface area contributed by atoms with E-state index in [2.05, 4.69) is 33.4 Å². The van der Waals surface area contributed by atoms with Crippen molar-refractivity contribution in [3.8, 4) is 11.3 Å². The molecule has 1 aromatic carbocycles. The number of nitrogens with zero attached hydrogens (tertiary/aromatic N) is 3. The fourth-order valence-electron chi connectivity index (χ4n) is 5.48. The fourth-order valence-corrected chi connectivity index (χ4v) is 6.22. The molecule has 2 fully saturated rings. The van der Waals surface area contributed by atoms with Gasteiger partial charge >= 0.3 is 0 Å². The highest BCUT2D eigenvalue weighted by Gasteiger charge is 2.31. The summed E-state index contributed by atoms with van der Waals surface area (Å²) in [6, 6.07) is 6.31. The fraction of sp³-hybridized carbons (Fsp3) is 0.577. The van der Waals surface area contributed by atoms with Crippen molar-refractivity contribution in [2.45, 2.75) is 64.2 Å². The zero-order chi connectivity index (χ0) is 22.6. The molecule has 1 N–H and O–H groups in total. The smallest absolute Gasteiger partial charge is 0.240 e. The van der Waals surface area contributed by atoms with Crippen molar-refractivity contribution < 1.29 is 9.59 Å². The first-order valence-electron chi connectivity index (χ1n) is 12.6. The minimum atomic E-state index is 0.0172. The predicted molar refractivity (Wildman–Crippen MR) is 134 cm³/mol. The zero-order valence-corrected chi connectivity index (χ0v) is 20.2. The quantitative estimate of drug-likeness (QED) is 0.666. The molecule has 1 aliphatic carbocycles. The first kappa shape index (κ1) is 22.5.